The molecular weight excluding hydrogens is 312 g/mol. The quantitative estimate of drug-likeness (QED) is 0.912. The van der Waals surface area contributed by atoms with Gasteiger partial charge in [0.05, 0.1) is 12.0 Å². The molecular formula is C21H32N2O2. The molecule has 2 unspecified atom stereocenters. The maximum absolute atomic E-state index is 12.8. The zero-order chi connectivity index (χ0) is 17.7. The third-order valence-corrected chi connectivity index (χ3v) is 5.80. The van der Waals surface area contributed by atoms with Crippen molar-refractivity contribution in [1.29, 1.82) is 0 Å². The van der Waals surface area contributed by atoms with Crippen LogP contribution < -0.4 is 0 Å². The zero-order valence-corrected chi connectivity index (χ0v) is 15.5. The van der Waals surface area contributed by atoms with Crippen LogP contribution in [0.5, 0.6) is 0 Å². The molecule has 2 aliphatic rings. The van der Waals surface area contributed by atoms with Crippen molar-refractivity contribution in [2.45, 2.75) is 63.5 Å². The number of hydrogen-bond donors (Lipinski definition) is 1. The van der Waals surface area contributed by atoms with E-state index in [9.17, 15) is 9.90 Å². The van der Waals surface area contributed by atoms with Crippen molar-refractivity contribution in [3.8, 4) is 0 Å². The molecule has 0 aliphatic carbocycles. The van der Waals surface area contributed by atoms with E-state index in [2.05, 4.69) is 4.90 Å². The molecule has 2 atom stereocenters. The van der Waals surface area contributed by atoms with Gasteiger partial charge < -0.3 is 10.0 Å². The van der Waals surface area contributed by atoms with E-state index in [1.54, 1.807) is 6.92 Å². The van der Waals surface area contributed by atoms with E-state index in [-0.39, 0.29) is 12.3 Å². The number of rotatable bonds is 4. The van der Waals surface area contributed by atoms with Crippen LogP contribution in [-0.2, 0) is 10.4 Å². The van der Waals surface area contributed by atoms with Crippen LogP contribution in [0.25, 0.3) is 0 Å². The van der Waals surface area contributed by atoms with E-state index < -0.39 is 5.60 Å². The maximum Gasteiger partial charge on any atom is 0.225 e. The van der Waals surface area contributed by atoms with Crippen LogP contribution in [0.15, 0.2) is 30.3 Å². The Balaban J connectivity index is 1.60. The minimum Gasteiger partial charge on any atom is -0.385 e. The van der Waals surface area contributed by atoms with Crippen LogP contribution in [0.3, 0.4) is 0 Å². The molecule has 0 spiro atoms. The summed E-state index contributed by atoms with van der Waals surface area (Å²) in [5.41, 5.74) is -0.294. The second kappa shape index (κ2) is 8.33. The third kappa shape index (κ3) is 4.83. The summed E-state index contributed by atoms with van der Waals surface area (Å²) in [4.78, 5) is 17.4. The first-order valence-electron chi connectivity index (χ1n) is 9.86. The summed E-state index contributed by atoms with van der Waals surface area (Å²) in [5, 5.41) is 10.8. The minimum atomic E-state index is -1.10. The smallest absolute Gasteiger partial charge is 0.225 e. The average Bonchev–Trinajstić information content (AvgIpc) is 2.92. The average molecular weight is 344 g/mol. The second-order valence-corrected chi connectivity index (χ2v) is 7.90. The fourth-order valence-electron chi connectivity index (χ4n) is 4.25. The zero-order valence-electron chi connectivity index (χ0n) is 15.5. The Kier molecular flexibility index (Phi) is 6.13. The lowest BCUT2D eigenvalue weighted by atomic mass is 9.91. The molecule has 1 amide bonds. The predicted molar refractivity (Wildman–Crippen MR) is 100 cm³/mol. The predicted octanol–water partition coefficient (Wildman–Crippen LogP) is 3.15. The fraction of sp³-hybridized carbons (Fsp3) is 0.667. The Labute approximate surface area is 151 Å². The van der Waals surface area contributed by atoms with Crippen molar-refractivity contribution in [2.24, 2.45) is 0 Å². The van der Waals surface area contributed by atoms with Gasteiger partial charge in [-0.05, 0) is 51.3 Å². The molecule has 138 valence electrons. The molecule has 2 aliphatic heterocycles. The Morgan fingerprint density at radius 3 is 2.44 bits per heavy atom. The lowest BCUT2D eigenvalue weighted by molar-refractivity contribution is -0.138. The standard InChI is InChI=1S/C21H32N2O2/c1-21(25,18-10-5-4-6-11-18)16-20(24)23-15-9-12-19(17-23)22-13-7-2-3-8-14-22/h4-6,10-11,19,25H,2-3,7-9,12-17H2,1H3. The highest BCUT2D eigenvalue weighted by molar-refractivity contribution is 5.77. The van der Waals surface area contributed by atoms with Gasteiger partial charge in [0.15, 0.2) is 0 Å². The van der Waals surface area contributed by atoms with Crippen molar-refractivity contribution >= 4 is 5.91 Å². The van der Waals surface area contributed by atoms with E-state index in [1.165, 1.54) is 45.2 Å². The highest BCUT2D eigenvalue weighted by Crippen LogP contribution is 2.27. The van der Waals surface area contributed by atoms with Crippen molar-refractivity contribution in [2.75, 3.05) is 26.2 Å². The Morgan fingerprint density at radius 2 is 1.76 bits per heavy atom. The highest BCUT2D eigenvalue weighted by Gasteiger charge is 2.32. The van der Waals surface area contributed by atoms with Crippen molar-refractivity contribution in [3.05, 3.63) is 35.9 Å². The van der Waals surface area contributed by atoms with Crippen LogP contribution in [-0.4, -0.2) is 53.0 Å². The van der Waals surface area contributed by atoms with Gasteiger partial charge in [-0.15, -0.1) is 0 Å². The molecule has 0 aromatic heterocycles. The first-order chi connectivity index (χ1) is 12.1. The van der Waals surface area contributed by atoms with Crippen LogP contribution in [0.1, 0.15) is 57.4 Å². The molecule has 25 heavy (non-hydrogen) atoms. The summed E-state index contributed by atoms with van der Waals surface area (Å²) in [6.07, 6.45) is 7.67. The SMILES string of the molecule is CC(O)(CC(=O)N1CCCC(N2CCCCCC2)C1)c1ccccc1. The fourth-order valence-corrected chi connectivity index (χ4v) is 4.25. The molecule has 2 heterocycles. The van der Waals surface area contributed by atoms with Gasteiger partial charge in [-0.25, -0.2) is 0 Å². The van der Waals surface area contributed by atoms with Gasteiger partial charge >= 0.3 is 0 Å². The number of carbonyl (C=O) groups excluding carboxylic acids is 1. The number of nitrogens with zero attached hydrogens (tertiary/aromatic N) is 2. The van der Waals surface area contributed by atoms with Gasteiger partial charge in [-0.2, -0.15) is 0 Å². The first kappa shape index (κ1) is 18.4. The monoisotopic (exact) mass is 344 g/mol. The molecule has 0 bridgehead atoms. The molecule has 0 saturated carbocycles. The number of benzene rings is 1. The molecule has 2 fully saturated rings. The molecule has 1 aromatic rings. The normalized spacial score (nSPS) is 25.2. The van der Waals surface area contributed by atoms with Gasteiger partial charge in [0, 0.05) is 19.1 Å². The summed E-state index contributed by atoms with van der Waals surface area (Å²) in [6.45, 7) is 5.75. The number of carbonyl (C=O) groups is 1. The van der Waals surface area contributed by atoms with E-state index >= 15 is 0 Å². The highest BCUT2D eigenvalue weighted by atomic mass is 16.3. The number of piperidine rings is 1. The Hall–Kier alpha value is -1.39. The second-order valence-electron chi connectivity index (χ2n) is 7.90. The van der Waals surface area contributed by atoms with Crippen LogP contribution >= 0.6 is 0 Å². The van der Waals surface area contributed by atoms with E-state index in [4.69, 9.17) is 0 Å². The van der Waals surface area contributed by atoms with Crippen molar-refractivity contribution < 1.29 is 9.90 Å². The third-order valence-electron chi connectivity index (χ3n) is 5.80. The molecule has 1 aromatic carbocycles. The molecule has 3 rings (SSSR count). The van der Waals surface area contributed by atoms with Gasteiger partial charge in [0.1, 0.15) is 0 Å². The number of hydrogen-bond acceptors (Lipinski definition) is 3. The van der Waals surface area contributed by atoms with Crippen LogP contribution in [0.4, 0.5) is 0 Å². The van der Waals surface area contributed by atoms with E-state index in [1.807, 2.05) is 35.2 Å². The number of likely N-dealkylation sites (tertiary alicyclic amines) is 2. The molecule has 1 N–H and O–H groups in total. The number of aliphatic hydroxyl groups is 1. The molecule has 0 radical (unpaired) electrons. The summed E-state index contributed by atoms with van der Waals surface area (Å²) in [5.74, 6) is 0.0772. The Morgan fingerprint density at radius 1 is 1.08 bits per heavy atom. The van der Waals surface area contributed by atoms with Crippen LogP contribution in [0, 0.1) is 0 Å². The minimum absolute atomic E-state index is 0.0772. The van der Waals surface area contributed by atoms with Gasteiger partial charge in [0.25, 0.3) is 0 Å². The van der Waals surface area contributed by atoms with Crippen molar-refractivity contribution in [1.82, 2.24) is 9.80 Å². The number of amides is 1. The largest absolute Gasteiger partial charge is 0.385 e. The van der Waals surface area contributed by atoms with Gasteiger partial charge in [-0.3, -0.25) is 9.69 Å². The molecule has 4 heteroatoms. The summed E-state index contributed by atoms with van der Waals surface area (Å²) in [7, 11) is 0. The first-order valence-corrected chi connectivity index (χ1v) is 9.86. The lowest BCUT2D eigenvalue weighted by Gasteiger charge is -2.40. The lowest BCUT2D eigenvalue weighted by Crippen LogP contribution is -2.51. The molecule has 4 nitrogen and oxygen atoms in total. The summed E-state index contributed by atoms with van der Waals surface area (Å²) in [6, 6.07) is 10.0. The topological polar surface area (TPSA) is 43.8 Å². The summed E-state index contributed by atoms with van der Waals surface area (Å²) < 4.78 is 0. The van der Waals surface area contributed by atoms with Crippen LogP contribution in [0.2, 0.25) is 0 Å². The van der Waals surface area contributed by atoms with E-state index in [0.717, 1.165) is 25.1 Å². The van der Waals surface area contributed by atoms with Gasteiger partial charge in [-0.1, -0.05) is 43.2 Å². The Bertz CT molecular complexity index is 550. The van der Waals surface area contributed by atoms with Crippen molar-refractivity contribution in [3.63, 3.8) is 0 Å². The van der Waals surface area contributed by atoms with E-state index in [0.29, 0.717) is 6.04 Å². The molecule has 2 saturated heterocycles. The maximum atomic E-state index is 12.8. The van der Waals surface area contributed by atoms with Gasteiger partial charge in [0.2, 0.25) is 5.91 Å². The summed E-state index contributed by atoms with van der Waals surface area (Å²) >= 11 is 0.